The Bertz CT molecular complexity index is 319. The monoisotopic (exact) mass is 313 g/mol. The molecule has 0 amide bonds. The predicted molar refractivity (Wildman–Crippen MR) is 51.8 cm³/mol. The van der Waals surface area contributed by atoms with Gasteiger partial charge in [-0.05, 0) is 6.92 Å². The van der Waals surface area contributed by atoms with Gasteiger partial charge in [-0.1, -0.05) is 0 Å². The van der Waals surface area contributed by atoms with E-state index in [0.29, 0.717) is 0 Å². The van der Waals surface area contributed by atoms with Crippen molar-refractivity contribution < 1.29 is 45.1 Å². The van der Waals surface area contributed by atoms with E-state index in [4.69, 9.17) is 0 Å². The molecule has 11 heteroatoms. The molecule has 0 aromatic carbocycles. The van der Waals surface area contributed by atoms with E-state index in [-0.39, 0.29) is 13.0 Å². The largest absolute Gasteiger partial charge is 0.697 e. The van der Waals surface area contributed by atoms with Gasteiger partial charge in [-0.25, -0.2) is 0 Å². The van der Waals surface area contributed by atoms with Crippen molar-refractivity contribution in [3.05, 3.63) is 0 Å². The van der Waals surface area contributed by atoms with Gasteiger partial charge in [0.15, 0.2) is 6.61 Å². The molecule has 0 aliphatic carbocycles. The molecule has 0 aliphatic rings. The molecule has 1 unspecified atom stereocenters. The van der Waals surface area contributed by atoms with Gasteiger partial charge in [0.2, 0.25) is 0 Å². The normalized spacial score (nSPS) is 13.3. The molecule has 0 N–H and O–H groups in total. The highest BCUT2D eigenvalue weighted by Gasteiger charge is 2.59. The molecule has 0 spiro atoms. The summed E-state index contributed by atoms with van der Waals surface area (Å²) in [5.41, 5.74) is 0. The van der Waals surface area contributed by atoms with Gasteiger partial charge in [-0.15, -0.1) is 9.05 Å². The first-order chi connectivity index (χ1) is 8.60. The van der Waals surface area contributed by atoms with Crippen LogP contribution in [0.3, 0.4) is 0 Å². The number of hydrogen-bond acceptors (Lipinski definition) is 5. The summed E-state index contributed by atoms with van der Waals surface area (Å²) < 4.78 is 83.0. The second kappa shape index (κ2) is 7.66. The molecule has 0 aliphatic heterocycles. The minimum Gasteiger partial charge on any atom is -0.466 e. The lowest BCUT2D eigenvalue weighted by Crippen LogP contribution is -2.40. The van der Waals surface area contributed by atoms with Crippen LogP contribution in [0.5, 0.6) is 0 Å². The summed E-state index contributed by atoms with van der Waals surface area (Å²) in [5, 5.41) is 0. The number of carbonyl (C=O) groups is 1. The first-order valence-corrected chi connectivity index (χ1v) is 6.03. The molecular weight excluding hydrogens is 302 g/mol. The minimum absolute atomic E-state index is 0.110. The van der Waals surface area contributed by atoms with E-state index in [1.807, 2.05) is 0 Å². The predicted octanol–water partition coefficient (Wildman–Crippen LogP) is 2.83. The molecule has 0 bridgehead atoms. The molecule has 0 fully saturated rings. The lowest BCUT2D eigenvalue weighted by molar-refractivity contribution is -0.290. The second-order valence-electron chi connectivity index (χ2n) is 3.09. The van der Waals surface area contributed by atoms with Crippen LogP contribution in [-0.2, 0) is 23.1 Å². The molecule has 0 rings (SSSR count). The molecule has 112 valence electrons. The molecule has 0 saturated carbocycles. The highest BCUT2D eigenvalue weighted by Crippen LogP contribution is 2.38. The van der Waals surface area contributed by atoms with Crippen LogP contribution in [0.25, 0.3) is 0 Å². The van der Waals surface area contributed by atoms with Crippen molar-refractivity contribution in [3.8, 4) is 0 Å². The van der Waals surface area contributed by atoms with Crippen molar-refractivity contribution >= 4 is 14.2 Å². The van der Waals surface area contributed by atoms with Gasteiger partial charge >= 0.3 is 26.3 Å². The highest BCUT2D eigenvalue weighted by molar-refractivity contribution is 7.33. The van der Waals surface area contributed by atoms with Gasteiger partial charge < -0.3 is 4.74 Å². The Morgan fingerprint density at radius 2 is 1.74 bits per heavy atom. The standard InChI is InChI=1S/C8H11F5O5P/c1-2-16-6(14)3-4-17-19(15)18-5-7(9,10)8(11,12)13/h2-5H2,1H3/q+1. The number of alkyl halides is 5. The molecule has 19 heavy (non-hydrogen) atoms. The van der Waals surface area contributed by atoms with Crippen LogP contribution in [0.15, 0.2) is 0 Å². The quantitative estimate of drug-likeness (QED) is 0.392. The topological polar surface area (TPSA) is 61.8 Å². The highest BCUT2D eigenvalue weighted by atomic mass is 31.1. The fourth-order valence-electron chi connectivity index (χ4n) is 0.690. The SMILES string of the molecule is CCOC(=O)CCO[P+](=O)OCC(F)(F)C(F)(F)F. The smallest absolute Gasteiger partial charge is 0.466 e. The first-order valence-electron chi connectivity index (χ1n) is 4.93. The van der Waals surface area contributed by atoms with Crippen molar-refractivity contribution in [1.82, 2.24) is 0 Å². The zero-order valence-electron chi connectivity index (χ0n) is 9.71. The second-order valence-corrected chi connectivity index (χ2v) is 4.05. The fraction of sp³-hybridized carbons (Fsp3) is 0.875. The third-order valence-electron chi connectivity index (χ3n) is 1.57. The summed E-state index contributed by atoms with van der Waals surface area (Å²) in [4.78, 5) is 10.8. The van der Waals surface area contributed by atoms with Crippen LogP contribution in [0.4, 0.5) is 22.0 Å². The Kier molecular flexibility index (Phi) is 7.32. The summed E-state index contributed by atoms with van der Waals surface area (Å²) in [6.45, 7) is -0.947. The van der Waals surface area contributed by atoms with Crippen molar-refractivity contribution in [2.45, 2.75) is 25.4 Å². The molecule has 0 heterocycles. The van der Waals surface area contributed by atoms with Gasteiger partial charge in [0.1, 0.15) is 6.61 Å². The van der Waals surface area contributed by atoms with Crippen LogP contribution in [0.1, 0.15) is 13.3 Å². The van der Waals surface area contributed by atoms with E-state index in [9.17, 15) is 31.3 Å². The lowest BCUT2D eigenvalue weighted by atomic mass is 10.3. The Balaban J connectivity index is 3.92. The van der Waals surface area contributed by atoms with Gasteiger partial charge in [0.05, 0.1) is 13.0 Å². The third kappa shape index (κ3) is 7.34. The Hall–Kier alpha value is -0.860. The van der Waals surface area contributed by atoms with Gasteiger partial charge in [-0.3, -0.25) is 4.79 Å². The number of halogens is 5. The summed E-state index contributed by atoms with van der Waals surface area (Å²) in [6, 6.07) is 0. The first kappa shape index (κ1) is 18.1. The molecule has 0 radical (unpaired) electrons. The zero-order valence-corrected chi connectivity index (χ0v) is 10.6. The third-order valence-corrected chi connectivity index (χ3v) is 2.31. The molecule has 5 nitrogen and oxygen atoms in total. The maximum atomic E-state index is 12.3. The number of hydrogen-bond donors (Lipinski definition) is 0. The number of rotatable bonds is 8. The number of carbonyl (C=O) groups excluding carboxylic acids is 1. The van der Waals surface area contributed by atoms with E-state index in [0.717, 1.165) is 0 Å². The Morgan fingerprint density at radius 1 is 1.16 bits per heavy atom. The van der Waals surface area contributed by atoms with Crippen LogP contribution >= 0.6 is 8.25 Å². The Morgan fingerprint density at radius 3 is 2.21 bits per heavy atom. The minimum atomic E-state index is -5.80. The van der Waals surface area contributed by atoms with Crippen LogP contribution in [-0.4, -0.2) is 37.9 Å². The molecule has 0 aromatic heterocycles. The lowest BCUT2D eigenvalue weighted by Gasteiger charge is -2.15. The van der Waals surface area contributed by atoms with E-state index in [1.165, 1.54) is 0 Å². The summed E-state index contributed by atoms with van der Waals surface area (Å²) in [5.74, 6) is -5.81. The van der Waals surface area contributed by atoms with Crippen molar-refractivity contribution in [1.29, 1.82) is 0 Å². The van der Waals surface area contributed by atoms with Gasteiger partial charge in [0.25, 0.3) is 0 Å². The summed E-state index contributed by atoms with van der Waals surface area (Å²) >= 11 is 0. The van der Waals surface area contributed by atoms with Crippen LogP contribution < -0.4 is 0 Å². The van der Waals surface area contributed by atoms with E-state index >= 15 is 0 Å². The van der Waals surface area contributed by atoms with Crippen molar-refractivity contribution in [2.75, 3.05) is 19.8 Å². The fourth-order valence-corrected chi connectivity index (χ4v) is 1.27. The Labute approximate surface area is 106 Å². The van der Waals surface area contributed by atoms with E-state index < -0.39 is 39.5 Å². The summed E-state index contributed by atoms with van der Waals surface area (Å²) in [6.07, 6.45) is -6.12. The molecule has 1 atom stereocenters. The van der Waals surface area contributed by atoms with Crippen molar-refractivity contribution in [3.63, 3.8) is 0 Å². The average molecular weight is 313 g/mol. The molecular formula is C8H11F5O5P+. The number of ether oxygens (including phenoxy) is 1. The van der Waals surface area contributed by atoms with Crippen LogP contribution in [0, 0.1) is 0 Å². The zero-order chi connectivity index (χ0) is 15.1. The maximum absolute atomic E-state index is 12.3. The van der Waals surface area contributed by atoms with Crippen molar-refractivity contribution in [2.24, 2.45) is 0 Å². The maximum Gasteiger partial charge on any atom is 0.697 e. The molecule has 0 saturated heterocycles. The average Bonchev–Trinajstić information content (AvgIpc) is 2.25. The van der Waals surface area contributed by atoms with E-state index in [2.05, 4.69) is 13.8 Å². The number of esters is 1. The van der Waals surface area contributed by atoms with Crippen LogP contribution in [0.2, 0.25) is 0 Å². The van der Waals surface area contributed by atoms with E-state index in [1.54, 1.807) is 6.92 Å². The van der Waals surface area contributed by atoms with Gasteiger partial charge in [0, 0.05) is 4.57 Å². The molecule has 0 aromatic rings. The van der Waals surface area contributed by atoms with Gasteiger partial charge in [-0.2, -0.15) is 22.0 Å². The summed E-state index contributed by atoms with van der Waals surface area (Å²) in [7, 11) is -3.17.